The van der Waals surface area contributed by atoms with Gasteiger partial charge in [0.25, 0.3) is 5.91 Å². The highest BCUT2D eigenvalue weighted by atomic mass is 19.1. The molecular formula is C18H21FN4O. The summed E-state index contributed by atoms with van der Waals surface area (Å²) in [5, 5.41) is 2.96. The highest BCUT2D eigenvalue weighted by Gasteiger charge is 2.23. The van der Waals surface area contributed by atoms with Gasteiger partial charge in [0, 0.05) is 24.5 Å². The Morgan fingerprint density at radius 1 is 1.25 bits per heavy atom. The van der Waals surface area contributed by atoms with Crippen molar-refractivity contribution in [3.8, 4) is 0 Å². The van der Waals surface area contributed by atoms with Gasteiger partial charge in [0.15, 0.2) is 0 Å². The summed E-state index contributed by atoms with van der Waals surface area (Å²) < 4.78 is 13.3. The number of hydrogen-bond acceptors (Lipinski definition) is 4. The van der Waals surface area contributed by atoms with E-state index in [-0.39, 0.29) is 11.7 Å². The molecule has 1 aromatic carbocycles. The Kier molecular flexibility index (Phi) is 4.74. The van der Waals surface area contributed by atoms with E-state index in [9.17, 15) is 9.18 Å². The van der Waals surface area contributed by atoms with Gasteiger partial charge in [-0.25, -0.2) is 14.4 Å². The van der Waals surface area contributed by atoms with Gasteiger partial charge < -0.3 is 10.2 Å². The molecule has 1 aliphatic heterocycles. The van der Waals surface area contributed by atoms with Crippen molar-refractivity contribution >= 4 is 17.5 Å². The quantitative estimate of drug-likeness (QED) is 0.936. The number of hydrogen-bond donors (Lipinski definition) is 1. The topological polar surface area (TPSA) is 58.1 Å². The molecule has 0 spiro atoms. The van der Waals surface area contributed by atoms with Crippen molar-refractivity contribution in [1.29, 1.82) is 0 Å². The number of nitrogens with zero attached hydrogens (tertiary/aromatic N) is 3. The molecule has 24 heavy (non-hydrogen) atoms. The minimum atomic E-state index is -0.341. The number of carbonyl (C=O) groups is 1. The number of likely N-dealkylation sites (tertiary alicyclic amines) is 1. The molecule has 1 saturated heterocycles. The van der Waals surface area contributed by atoms with Crippen LogP contribution < -0.4 is 5.32 Å². The standard InChI is InChI=1S/C18H21FN4O/c1-12-6-8-23(9-7-12)17(24)16-10-13(2)20-18(22-16)21-15-5-3-4-14(19)11-15/h3-5,10-12H,6-9H2,1-2H3,(H,20,21,22). The first-order valence-corrected chi connectivity index (χ1v) is 8.19. The number of halogens is 1. The lowest BCUT2D eigenvalue weighted by Gasteiger charge is -2.30. The van der Waals surface area contributed by atoms with Crippen molar-refractivity contribution in [3.05, 3.63) is 47.5 Å². The Balaban J connectivity index is 1.79. The molecule has 0 saturated carbocycles. The molecule has 0 aliphatic carbocycles. The Morgan fingerprint density at radius 2 is 2.00 bits per heavy atom. The first-order chi connectivity index (χ1) is 11.5. The first kappa shape index (κ1) is 16.4. The first-order valence-electron chi connectivity index (χ1n) is 8.19. The summed E-state index contributed by atoms with van der Waals surface area (Å²) in [4.78, 5) is 23.1. The average Bonchev–Trinajstić information content (AvgIpc) is 2.54. The second kappa shape index (κ2) is 6.95. The molecule has 0 radical (unpaired) electrons. The predicted molar refractivity (Wildman–Crippen MR) is 90.8 cm³/mol. The third kappa shape index (κ3) is 3.88. The van der Waals surface area contributed by atoms with Crippen molar-refractivity contribution in [2.45, 2.75) is 26.7 Å². The number of piperidine rings is 1. The maximum absolute atomic E-state index is 13.3. The van der Waals surface area contributed by atoms with Crippen LogP contribution >= 0.6 is 0 Å². The van der Waals surface area contributed by atoms with Crippen LogP contribution in [0, 0.1) is 18.7 Å². The lowest BCUT2D eigenvalue weighted by molar-refractivity contribution is 0.0691. The molecule has 126 valence electrons. The second-order valence-electron chi connectivity index (χ2n) is 6.33. The molecular weight excluding hydrogens is 307 g/mol. The van der Waals surface area contributed by atoms with Gasteiger partial charge in [-0.15, -0.1) is 0 Å². The van der Waals surface area contributed by atoms with Crippen LogP contribution in [-0.2, 0) is 0 Å². The fourth-order valence-corrected chi connectivity index (χ4v) is 2.80. The largest absolute Gasteiger partial charge is 0.337 e. The smallest absolute Gasteiger partial charge is 0.272 e. The van der Waals surface area contributed by atoms with Gasteiger partial charge >= 0.3 is 0 Å². The van der Waals surface area contributed by atoms with Gasteiger partial charge in [0.2, 0.25) is 5.95 Å². The van der Waals surface area contributed by atoms with Crippen LogP contribution in [0.15, 0.2) is 30.3 Å². The summed E-state index contributed by atoms with van der Waals surface area (Å²) in [7, 11) is 0. The molecule has 0 bridgehead atoms. The van der Waals surface area contributed by atoms with Crippen LogP contribution in [-0.4, -0.2) is 33.9 Å². The van der Waals surface area contributed by atoms with Crippen molar-refractivity contribution < 1.29 is 9.18 Å². The predicted octanol–water partition coefficient (Wildman–Crippen LogP) is 3.54. The molecule has 2 heterocycles. The molecule has 0 atom stereocenters. The summed E-state index contributed by atoms with van der Waals surface area (Å²) >= 11 is 0. The maximum Gasteiger partial charge on any atom is 0.272 e. The van der Waals surface area contributed by atoms with E-state index in [1.807, 2.05) is 11.8 Å². The summed E-state index contributed by atoms with van der Waals surface area (Å²) in [5.74, 6) is 0.543. The van der Waals surface area contributed by atoms with Gasteiger partial charge in [0.05, 0.1) is 0 Å². The Morgan fingerprint density at radius 3 is 2.71 bits per heavy atom. The van der Waals surface area contributed by atoms with Crippen molar-refractivity contribution in [2.75, 3.05) is 18.4 Å². The number of anilines is 2. The normalized spacial score (nSPS) is 15.4. The minimum Gasteiger partial charge on any atom is -0.337 e. The van der Waals surface area contributed by atoms with E-state index < -0.39 is 0 Å². The number of aryl methyl sites for hydroxylation is 1. The summed E-state index contributed by atoms with van der Waals surface area (Å²) in [6.45, 7) is 5.54. The summed E-state index contributed by atoms with van der Waals surface area (Å²) in [6, 6.07) is 7.75. The van der Waals surface area contributed by atoms with Crippen molar-refractivity contribution in [1.82, 2.24) is 14.9 Å². The molecule has 1 aliphatic rings. The fourth-order valence-electron chi connectivity index (χ4n) is 2.80. The monoisotopic (exact) mass is 328 g/mol. The lowest BCUT2D eigenvalue weighted by Crippen LogP contribution is -2.38. The third-order valence-electron chi connectivity index (χ3n) is 4.22. The molecule has 1 amide bonds. The van der Waals surface area contributed by atoms with E-state index in [0.29, 0.717) is 28.9 Å². The van der Waals surface area contributed by atoms with Crippen molar-refractivity contribution in [2.24, 2.45) is 5.92 Å². The average molecular weight is 328 g/mol. The fraction of sp³-hybridized carbons (Fsp3) is 0.389. The molecule has 2 aromatic rings. The van der Waals surface area contributed by atoms with E-state index in [2.05, 4.69) is 22.2 Å². The van der Waals surface area contributed by atoms with E-state index in [4.69, 9.17) is 0 Å². The van der Waals surface area contributed by atoms with Crippen molar-refractivity contribution in [3.63, 3.8) is 0 Å². The van der Waals surface area contributed by atoms with Crippen LogP contribution in [0.3, 0.4) is 0 Å². The molecule has 6 heteroatoms. The van der Waals surface area contributed by atoms with E-state index in [1.54, 1.807) is 18.2 Å². The summed E-state index contributed by atoms with van der Waals surface area (Å²) in [6.07, 6.45) is 2.04. The Labute approximate surface area is 140 Å². The van der Waals surface area contributed by atoms with Crippen LogP contribution in [0.5, 0.6) is 0 Å². The number of benzene rings is 1. The molecule has 0 unspecified atom stereocenters. The SMILES string of the molecule is Cc1cc(C(=O)N2CCC(C)CC2)nc(Nc2cccc(F)c2)n1. The number of carbonyl (C=O) groups excluding carboxylic acids is 1. The van der Waals surface area contributed by atoms with Gasteiger partial charge in [-0.3, -0.25) is 4.79 Å². The molecule has 1 fully saturated rings. The second-order valence-corrected chi connectivity index (χ2v) is 6.33. The van der Waals surface area contributed by atoms with Crippen LogP contribution in [0.4, 0.5) is 16.0 Å². The highest BCUT2D eigenvalue weighted by Crippen LogP contribution is 2.19. The zero-order valence-electron chi connectivity index (χ0n) is 13.9. The van der Waals surface area contributed by atoms with Gasteiger partial charge in [-0.2, -0.15) is 0 Å². The third-order valence-corrected chi connectivity index (χ3v) is 4.22. The Bertz CT molecular complexity index is 742. The number of amides is 1. The van der Waals surface area contributed by atoms with E-state index in [1.165, 1.54) is 12.1 Å². The van der Waals surface area contributed by atoms with Crippen LogP contribution in [0.25, 0.3) is 0 Å². The van der Waals surface area contributed by atoms with Crippen LogP contribution in [0.1, 0.15) is 35.9 Å². The molecule has 1 N–H and O–H groups in total. The van der Waals surface area contributed by atoms with E-state index >= 15 is 0 Å². The summed E-state index contributed by atoms with van der Waals surface area (Å²) in [5.41, 5.74) is 1.61. The maximum atomic E-state index is 13.3. The molecule has 1 aromatic heterocycles. The number of rotatable bonds is 3. The minimum absolute atomic E-state index is 0.0744. The molecule has 3 rings (SSSR count). The van der Waals surface area contributed by atoms with Gasteiger partial charge in [0.1, 0.15) is 11.5 Å². The molecule has 5 nitrogen and oxygen atoms in total. The Hall–Kier alpha value is -2.50. The lowest BCUT2D eigenvalue weighted by atomic mass is 9.99. The van der Waals surface area contributed by atoms with Crippen LogP contribution in [0.2, 0.25) is 0 Å². The number of nitrogens with one attached hydrogen (secondary N) is 1. The van der Waals surface area contributed by atoms with Gasteiger partial charge in [-0.05, 0) is 49.9 Å². The number of aromatic nitrogens is 2. The zero-order valence-corrected chi connectivity index (χ0v) is 13.9. The zero-order chi connectivity index (χ0) is 17.1. The van der Waals surface area contributed by atoms with E-state index in [0.717, 1.165) is 25.9 Å². The highest BCUT2D eigenvalue weighted by molar-refractivity contribution is 5.92. The van der Waals surface area contributed by atoms with Gasteiger partial charge in [-0.1, -0.05) is 13.0 Å².